The number of carboxylic acid groups (broad SMARTS) is 1. The van der Waals surface area contributed by atoms with Gasteiger partial charge in [0, 0.05) is 22.0 Å². The first-order valence-corrected chi connectivity index (χ1v) is 8.69. The molecule has 2 atom stereocenters. The molecule has 26 heavy (non-hydrogen) atoms. The van der Waals surface area contributed by atoms with Gasteiger partial charge in [-0.15, -0.1) is 0 Å². The fourth-order valence-electron chi connectivity index (χ4n) is 2.99. The largest absolute Gasteiger partial charge is 0.478 e. The van der Waals surface area contributed by atoms with Crippen molar-refractivity contribution in [3.63, 3.8) is 0 Å². The lowest BCUT2D eigenvalue weighted by atomic mass is 9.85. The van der Waals surface area contributed by atoms with Crippen molar-refractivity contribution in [2.75, 3.05) is 6.54 Å². The highest BCUT2D eigenvalue weighted by atomic mass is 79.9. The fraction of sp³-hybridized carbons (Fsp3) is 0.500. The van der Waals surface area contributed by atoms with Gasteiger partial charge < -0.3 is 9.84 Å². The predicted molar refractivity (Wildman–Crippen MR) is 95.9 cm³/mol. The summed E-state index contributed by atoms with van der Waals surface area (Å²) in [5.41, 5.74) is -2.71. The number of carbonyl (C=O) groups excluding carboxylic acids is 1. The monoisotopic (exact) mass is 429 g/mol. The summed E-state index contributed by atoms with van der Waals surface area (Å²) in [4.78, 5) is 35.1. The lowest BCUT2D eigenvalue weighted by molar-refractivity contribution is -0.385. The first-order valence-electron chi connectivity index (χ1n) is 7.90. The van der Waals surface area contributed by atoms with Crippen molar-refractivity contribution in [3.8, 4) is 0 Å². The third-order valence-electron chi connectivity index (χ3n) is 3.96. The summed E-state index contributed by atoms with van der Waals surface area (Å²) in [6, 6.07) is 4.41. The van der Waals surface area contributed by atoms with Gasteiger partial charge in [0.25, 0.3) is 5.69 Å². The molecule has 1 heterocycles. The van der Waals surface area contributed by atoms with E-state index >= 15 is 0 Å². The van der Waals surface area contributed by atoms with Crippen LogP contribution >= 0.6 is 15.9 Å². The maximum Gasteiger partial charge on any atom is 0.409 e. The second kappa shape index (κ2) is 7.20. The number of nitro benzene ring substituents is 1. The Morgan fingerprint density at radius 3 is 2.65 bits per heavy atom. The Balaban J connectivity index is 2.46. The van der Waals surface area contributed by atoms with E-state index in [1.807, 2.05) is 0 Å². The maximum absolute atomic E-state index is 12.2. The molecule has 1 aromatic rings. The smallest absolute Gasteiger partial charge is 0.409 e. The second-order valence-corrected chi connectivity index (χ2v) is 7.88. The number of nitrogens with one attached hydrogen (secondary N) is 2. The Morgan fingerprint density at radius 2 is 2.12 bits per heavy atom. The summed E-state index contributed by atoms with van der Waals surface area (Å²) in [6.45, 7) is 5.22. The second-order valence-electron chi connectivity index (χ2n) is 6.97. The lowest BCUT2D eigenvalue weighted by Crippen LogP contribution is -2.64. The molecule has 1 aromatic carbocycles. The molecule has 142 valence electrons. The Kier molecular flexibility index (Phi) is 5.57. The van der Waals surface area contributed by atoms with Gasteiger partial charge >= 0.3 is 12.1 Å². The SMILES string of the molecule is CC(C)(C)OC(=O)N[C@]1(C(=O)O)NCCC1c1ccc(Br)cc1[N+](=O)[O-]. The zero-order valence-corrected chi connectivity index (χ0v) is 16.1. The minimum atomic E-state index is -1.90. The first kappa shape index (κ1) is 20.1. The van der Waals surface area contributed by atoms with Gasteiger partial charge in [-0.25, -0.2) is 9.59 Å². The predicted octanol–water partition coefficient (Wildman–Crippen LogP) is 2.74. The van der Waals surface area contributed by atoms with Gasteiger partial charge in [0.05, 0.1) is 4.92 Å². The Labute approximate surface area is 158 Å². The minimum absolute atomic E-state index is 0.218. The number of ether oxygens (including phenoxy) is 1. The molecule has 1 saturated heterocycles. The third kappa shape index (κ3) is 4.13. The van der Waals surface area contributed by atoms with Crippen molar-refractivity contribution in [2.24, 2.45) is 0 Å². The van der Waals surface area contributed by atoms with Gasteiger partial charge in [0.1, 0.15) is 5.60 Å². The van der Waals surface area contributed by atoms with E-state index in [0.717, 1.165) is 0 Å². The van der Waals surface area contributed by atoms with Gasteiger partial charge in [-0.1, -0.05) is 22.0 Å². The average molecular weight is 430 g/mol. The van der Waals surface area contributed by atoms with E-state index in [2.05, 4.69) is 26.6 Å². The molecule has 1 aliphatic rings. The highest BCUT2D eigenvalue weighted by molar-refractivity contribution is 9.10. The van der Waals surface area contributed by atoms with E-state index < -0.39 is 34.2 Å². The highest BCUT2D eigenvalue weighted by Gasteiger charge is 2.53. The number of amides is 1. The van der Waals surface area contributed by atoms with Crippen LogP contribution in [0.15, 0.2) is 22.7 Å². The number of hydrogen-bond donors (Lipinski definition) is 3. The molecule has 0 aromatic heterocycles. The van der Waals surface area contributed by atoms with E-state index in [1.54, 1.807) is 26.8 Å². The molecule has 1 aliphatic heterocycles. The van der Waals surface area contributed by atoms with Crippen molar-refractivity contribution in [3.05, 3.63) is 38.3 Å². The summed E-state index contributed by atoms with van der Waals surface area (Å²) < 4.78 is 5.66. The van der Waals surface area contributed by atoms with Crippen LogP contribution in [-0.2, 0) is 9.53 Å². The van der Waals surface area contributed by atoms with E-state index in [1.165, 1.54) is 12.1 Å². The number of carbonyl (C=O) groups is 2. The van der Waals surface area contributed by atoms with Crippen LogP contribution in [-0.4, -0.2) is 39.9 Å². The van der Waals surface area contributed by atoms with Crippen LogP contribution in [0.4, 0.5) is 10.5 Å². The number of hydrogen-bond acceptors (Lipinski definition) is 6. The van der Waals surface area contributed by atoms with Crippen LogP contribution in [0.25, 0.3) is 0 Å². The van der Waals surface area contributed by atoms with Crippen molar-refractivity contribution in [2.45, 2.75) is 44.4 Å². The van der Waals surface area contributed by atoms with Crippen LogP contribution < -0.4 is 10.6 Å². The number of benzene rings is 1. The molecule has 0 saturated carbocycles. The Hall–Kier alpha value is -2.20. The van der Waals surface area contributed by atoms with E-state index in [4.69, 9.17) is 4.74 Å². The van der Waals surface area contributed by atoms with Crippen LogP contribution in [0.1, 0.15) is 38.7 Å². The molecular weight excluding hydrogens is 410 g/mol. The standard InChI is InChI=1S/C16H20BrN3O6/c1-15(2,3)26-14(23)19-16(13(21)22)11(6-7-18-16)10-5-4-9(17)8-12(10)20(24)25/h4-5,8,11,18H,6-7H2,1-3H3,(H,19,23)(H,21,22)/t11?,16-/m1/s1. The Bertz CT molecular complexity index is 748. The topological polar surface area (TPSA) is 131 Å². The number of rotatable bonds is 4. The normalized spacial score (nSPS) is 22.7. The minimum Gasteiger partial charge on any atom is -0.478 e. The number of halogens is 1. The number of alkyl carbamates (subject to hydrolysis) is 1. The van der Waals surface area contributed by atoms with Gasteiger partial charge in [0.15, 0.2) is 0 Å². The van der Waals surface area contributed by atoms with Gasteiger partial charge in [-0.2, -0.15) is 0 Å². The van der Waals surface area contributed by atoms with Gasteiger partial charge in [-0.3, -0.25) is 20.7 Å². The van der Waals surface area contributed by atoms with Crippen molar-refractivity contribution in [1.29, 1.82) is 0 Å². The summed E-state index contributed by atoms with van der Waals surface area (Å²) in [7, 11) is 0. The van der Waals surface area contributed by atoms with Crippen molar-refractivity contribution in [1.82, 2.24) is 10.6 Å². The molecule has 3 N–H and O–H groups in total. The molecule has 1 fully saturated rings. The molecule has 9 nitrogen and oxygen atoms in total. The molecular formula is C16H20BrN3O6. The summed E-state index contributed by atoms with van der Waals surface area (Å²) in [5, 5.41) is 26.4. The lowest BCUT2D eigenvalue weighted by Gasteiger charge is -2.33. The van der Waals surface area contributed by atoms with Crippen LogP contribution in [0, 0.1) is 10.1 Å². The molecule has 2 rings (SSSR count). The number of nitrogens with zero attached hydrogens (tertiary/aromatic N) is 1. The maximum atomic E-state index is 12.2. The van der Waals surface area contributed by atoms with E-state index in [0.29, 0.717) is 10.9 Å². The van der Waals surface area contributed by atoms with E-state index in [9.17, 15) is 24.8 Å². The zero-order valence-electron chi connectivity index (χ0n) is 14.5. The summed E-state index contributed by atoms with van der Waals surface area (Å²) >= 11 is 3.18. The molecule has 0 aliphatic carbocycles. The molecule has 0 radical (unpaired) electrons. The number of nitro groups is 1. The van der Waals surface area contributed by atoms with Crippen LogP contribution in [0.3, 0.4) is 0 Å². The highest BCUT2D eigenvalue weighted by Crippen LogP contribution is 2.40. The quantitative estimate of drug-likeness (QED) is 0.495. The van der Waals surface area contributed by atoms with E-state index in [-0.39, 0.29) is 17.8 Å². The fourth-order valence-corrected chi connectivity index (χ4v) is 3.33. The van der Waals surface area contributed by atoms with Gasteiger partial charge in [-0.05, 0) is 39.8 Å². The Morgan fingerprint density at radius 1 is 1.46 bits per heavy atom. The van der Waals surface area contributed by atoms with Crippen LogP contribution in [0.5, 0.6) is 0 Å². The van der Waals surface area contributed by atoms with Crippen molar-refractivity contribution >= 4 is 33.7 Å². The molecule has 10 heteroatoms. The number of carboxylic acids is 1. The zero-order chi connectivity index (χ0) is 19.7. The third-order valence-corrected chi connectivity index (χ3v) is 4.45. The molecule has 1 unspecified atom stereocenters. The van der Waals surface area contributed by atoms with Gasteiger partial charge in [0.2, 0.25) is 5.66 Å². The summed E-state index contributed by atoms with van der Waals surface area (Å²) in [6.07, 6.45) is -0.621. The molecule has 0 bridgehead atoms. The average Bonchev–Trinajstić information content (AvgIpc) is 2.89. The van der Waals surface area contributed by atoms with Crippen LogP contribution in [0.2, 0.25) is 0 Å². The summed E-state index contributed by atoms with van der Waals surface area (Å²) in [5.74, 6) is -2.19. The van der Waals surface area contributed by atoms with Crippen molar-refractivity contribution < 1.29 is 24.4 Å². The molecule has 1 amide bonds. The first-order chi connectivity index (χ1) is 12.0. The number of aliphatic carboxylic acids is 1. The molecule has 0 spiro atoms.